The largest absolute Gasteiger partial charge is 0.454 e. The third-order valence-corrected chi connectivity index (χ3v) is 10.8. The lowest BCUT2D eigenvalue weighted by atomic mass is 9.95. The Hall–Kier alpha value is -7.17. The molecule has 11 rings (SSSR count). The first kappa shape index (κ1) is 30.5. The molecule has 0 aliphatic carbocycles. The summed E-state index contributed by atoms with van der Waals surface area (Å²) in [6.45, 7) is 0. The first-order valence-corrected chi connectivity index (χ1v) is 18.4. The van der Waals surface area contributed by atoms with Gasteiger partial charge in [0.15, 0.2) is 5.58 Å². The molecular formula is C50H33N3O. The number of para-hydroxylation sites is 3. The number of hydrogen-bond donors (Lipinski definition) is 1. The standard InChI is InChI=1S/C50H33N3O/c1-3-13-32(14-4-1)34-25-27-35(28-26-34)48-39-18-7-9-21-42(39)51-50(52-48)41-20-12-24-46-47(41)40-19-11-23-44(49(40)54-46)53-43-22-10-8-17-37(43)38-30-29-36(31-45(38)53)33-15-5-2-6-16-33/h1-31,50-51H. The third-order valence-electron chi connectivity index (χ3n) is 10.8. The summed E-state index contributed by atoms with van der Waals surface area (Å²) in [4.78, 5) is 5.45. The van der Waals surface area contributed by atoms with Gasteiger partial charge in [-0.25, -0.2) is 0 Å². The van der Waals surface area contributed by atoms with Gasteiger partial charge in [-0.1, -0.05) is 158 Å². The summed E-state index contributed by atoms with van der Waals surface area (Å²) in [5, 5.41) is 8.33. The number of fused-ring (bicyclic) bond motifs is 7. The number of benzene rings is 8. The van der Waals surface area contributed by atoms with Gasteiger partial charge in [-0.2, -0.15) is 0 Å². The van der Waals surface area contributed by atoms with E-state index >= 15 is 0 Å². The van der Waals surface area contributed by atoms with E-state index in [9.17, 15) is 0 Å². The van der Waals surface area contributed by atoms with Crippen LogP contribution in [0.1, 0.15) is 22.9 Å². The zero-order valence-electron chi connectivity index (χ0n) is 29.3. The van der Waals surface area contributed by atoms with Crippen LogP contribution in [0.5, 0.6) is 0 Å². The lowest BCUT2D eigenvalue weighted by Gasteiger charge is -2.26. The van der Waals surface area contributed by atoms with Crippen LogP contribution in [0.25, 0.3) is 71.7 Å². The van der Waals surface area contributed by atoms with Crippen molar-refractivity contribution in [1.29, 1.82) is 0 Å². The van der Waals surface area contributed by atoms with Gasteiger partial charge in [0.2, 0.25) is 0 Å². The molecule has 254 valence electrons. The van der Waals surface area contributed by atoms with Gasteiger partial charge < -0.3 is 14.3 Å². The minimum atomic E-state index is -0.321. The quantitative estimate of drug-likeness (QED) is 0.195. The van der Waals surface area contributed by atoms with Crippen LogP contribution in [0.3, 0.4) is 0 Å². The van der Waals surface area contributed by atoms with E-state index in [1.807, 2.05) is 0 Å². The summed E-state index contributed by atoms with van der Waals surface area (Å²) >= 11 is 0. The molecule has 1 N–H and O–H groups in total. The zero-order valence-corrected chi connectivity index (χ0v) is 29.3. The summed E-state index contributed by atoms with van der Waals surface area (Å²) in [5.41, 5.74) is 15.0. The minimum Gasteiger partial charge on any atom is -0.454 e. The molecule has 0 fully saturated rings. The Morgan fingerprint density at radius 3 is 1.94 bits per heavy atom. The number of nitrogens with one attached hydrogen (secondary N) is 1. The summed E-state index contributed by atoms with van der Waals surface area (Å²) in [5.74, 6) is 0. The molecule has 1 aliphatic rings. The van der Waals surface area contributed by atoms with E-state index in [2.05, 4.69) is 198 Å². The number of nitrogens with zero attached hydrogens (tertiary/aromatic N) is 2. The molecule has 4 nitrogen and oxygen atoms in total. The Kier molecular flexibility index (Phi) is 6.89. The van der Waals surface area contributed by atoms with Gasteiger partial charge in [0.25, 0.3) is 0 Å². The molecule has 0 bridgehead atoms. The first-order valence-electron chi connectivity index (χ1n) is 18.4. The van der Waals surface area contributed by atoms with Crippen LogP contribution in [-0.2, 0) is 0 Å². The summed E-state index contributed by atoms with van der Waals surface area (Å²) in [7, 11) is 0. The average Bonchev–Trinajstić information content (AvgIpc) is 3.80. The lowest BCUT2D eigenvalue weighted by molar-refractivity contribution is 0.665. The Labute approximate surface area is 312 Å². The van der Waals surface area contributed by atoms with Crippen molar-refractivity contribution in [2.75, 3.05) is 5.32 Å². The van der Waals surface area contributed by atoms with Gasteiger partial charge in [-0.05, 0) is 52.6 Å². The maximum atomic E-state index is 6.89. The molecule has 1 atom stereocenters. The Morgan fingerprint density at radius 1 is 0.481 bits per heavy atom. The number of hydrogen-bond acceptors (Lipinski definition) is 3. The van der Waals surface area contributed by atoms with Crippen molar-refractivity contribution in [2.24, 2.45) is 4.99 Å². The van der Waals surface area contributed by atoms with Gasteiger partial charge in [-0.15, -0.1) is 0 Å². The third kappa shape index (κ3) is 4.81. The molecule has 2 aromatic heterocycles. The van der Waals surface area contributed by atoms with Crippen LogP contribution >= 0.6 is 0 Å². The monoisotopic (exact) mass is 691 g/mol. The molecule has 54 heavy (non-hydrogen) atoms. The highest BCUT2D eigenvalue weighted by Crippen LogP contribution is 2.42. The number of aromatic nitrogens is 1. The van der Waals surface area contributed by atoms with Gasteiger partial charge in [0, 0.05) is 43.9 Å². The molecule has 1 unspecified atom stereocenters. The van der Waals surface area contributed by atoms with Crippen molar-refractivity contribution >= 4 is 55.1 Å². The van der Waals surface area contributed by atoms with Crippen molar-refractivity contribution in [3.63, 3.8) is 0 Å². The topological polar surface area (TPSA) is 42.5 Å². The zero-order chi connectivity index (χ0) is 35.6. The SMILES string of the molecule is c1ccc(-c2ccc(C3=NC(c4cccc5oc6c(-n7c8ccccc8c8ccc(-c9ccccc9)cc87)cccc6c45)Nc4ccccc43)cc2)cc1. The molecule has 0 amide bonds. The summed E-state index contributed by atoms with van der Waals surface area (Å²) < 4.78 is 9.26. The normalized spacial score (nSPS) is 14.0. The minimum absolute atomic E-state index is 0.321. The van der Waals surface area contributed by atoms with Crippen LogP contribution in [0.15, 0.2) is 197 Å². The molecule has 0 radical (unpaired) electrons. The fraction of sp³-hybridized carbons (Fsp3) is 0.0200. The molecule has 3 heterocycles. The molecule has 0 saturated heterocycles. The number of rotatable bonds is 5. The van der Waals surface area contributed by atoms with Crippen LogP contribution in [0, 0.1) is 0 Å². The molecule has 10 aromatic rings. The Bertz CT molecular complexity index is 3060. The van der Waals surface area contributed by atoms with E-state index in [0.717, 1.165) is 66.7 Å². The van der Waals surface area contributed by atoms with E-state index in [-0.39, 0.29) is 6.17 Å². The van der Waals surface area contributed by atoms with Gasteiger partial charge in [0.05, 0.1) is 22.4 Å². The van der Waals surface area contributed by atoms with Gasteiger partial charge in [0.1, 0.15) is 11.7 Å². The predicted molar refractivity (Wildman–Crippen MR) is 224 cm³/mol. The lowest BCUT2D eigenvalue weighted by Crippen LogP contribution is -2.20. The van der Waals surface area contributed by atoms with Gasteiger partial charge in [-0.3, -0.25) is 4.99 Å². The van der Waals surface area contributed by atoms with Crippen molar-refractivity contribution in [1.82, 2.24) is 4.57 Å². The van der Waals surface area contributed by atoms with E-state index in [1.165, 1.54) is 33.0 Å². The number of anilines is 1. The Morgan fingerprint density at radius 2 is 1.11 bits per heavy atom. The van der Waals surface area contributed by atoms with Gasteiger partial charge >= 0.3 is 0 Å². The molecule has 8 aromatic carbocycles. The van der Waals surface area contributed by atoms with E-state index in [0.29, 0.717) is 0 Å². The second kappa shape index (κ2) is 12.2. The fourth-order valence-electron chi connectivity index (χ4n) is 8.33. The molecule has 0 spiro atoms. The second-order valence-corrected chi connectivity index (χ2v) is 13.9. The van der Waals surface area contributed by atoms with Crippen LogP contribution < -0.4 is 5.32 Å². The fourth-order valence-corrected chi connectivity index (χ4v) is 8.33. The first-order chi connectivity index (χ1) is 26.8. The highest BCUT2D eigenvalue weighted by molar-refractivity contribution is 6.18. The van der Waals surface area contributed by atoms with Crippen LogP contribution in [0.4, 0.5) is 5.69 Å². The second-order valence-electron chi connectivity index (χ2n) is 13.9. The summed E-state index contributed by atoms with van der Waals surface area (Å²) in [6, 6.07) is 66.6. The van der Waals surface area contributed by atoms with E-state index in [4.69, 9.17) is 9.41 Å². The van der Waals surface area contributed by atoms with Crippen LogP contribution in [0.2, 0.25) is 0 Å². The maximum Gasteiger partial charge on any atom is 0.159 e. The predicted octanol–water partition coefficient (Wildman–Crippen LogP) is 13.0. The summed E-state index contributed by atoms with van der Waals surface area (Å²) in [6.07, 6.45) is -0.321. The van der Waals surface area contributed by atoms with Crippen molar-refractivity contribution in [2.45, 2.75) is 6.17 Å². The average molecular weight is 692 g/mol. The highest BCUT2D eigenvalue weighted by atomic mass is 16.3. The van der Waals surface area contributed by atoms with Crippen LogP contribution in [-0.4, -0.2) is 10.3 Å². The van der Waals surface area contributed by atoms with Crippen molar-refractivity contribution in [3.05, 3.63) is 205 Å². The smallest absolute Gasteiger partial charge is 0.159 e. The highest BCUT2D eigenvalue weighted by Gasteiger charge is 2.26. The molecular weight excluding hydrogens is 659 g/mol. The van der Waals surface area contributed by atoms with E-state index in [1.54, 1.807) is 0 Å². The number of aliphatic imine (C=N–C) groups is 1. The molecule has 4 heteroatoms. The Balaban J connectivity index is 1.09. The van der Waals surface area contributed by atoms with Crippen molar-refractivity contribution < 1.29 is 4.42 Å². The van der Waals surface area contributed by atoms with Crippen molar-refractivity contribution in [3.8, 4) is 27.9 Å². The van der Waals surface area contributed by atoms with E-state index < -0.39 is 0 Å². The molecule has 1 aliphatic heterocycles. The maximum absolute atomic E-state index is 6.89. The molecule has 0 saturated carbocycles. The number of furan rings is 1.